The summed E-state index contributed by atoms with van der Waals surface area (Å²) in [6.45, 7) is 2.35. The van der Waals surface area contributed by atoms with E-state index in [4.69, 9.17) is 17.2 Å². The smallest absolute Gasteiger partial charge is 0.237 e. The maximum Gasteiger partial charge on any atom is 0.237 e. The Morgan fingerprint density at radius 1 is 1.26 bits per heavy atom. The van der Waals surface area contributed by atoms with Crippen LogP contribution in [0.4, 0.5) is 0 Å². The summed E-state index contributed by atoms with van der Waals surface area (Å²) in [5, 5.41) is 4.12. The van der Waals surface area contributed by atoms with Crippen LogP contribution in [-0.2, 0) is 16.1 Å². The molecule has 1 aliphatic rings. The van der Waals surface area contributed by atoms with Gasteiger partial charge in [0.05, 0.1) is 17.8 Å². The second-order valence-electron chi connectivity index (χ2n) is 7.91. The van der Waals surface area contributed by atoms with Crippen molar-refractivity contribution in [1.29, 1.82) is 0 Å². The van der Waals surface area contributed by atoms with Crippen molar-refractivity contribution < 1.29 is 9.59 Å². The number of piperidine rings is 1. The van der Waals surface area contributed by atoms with Crippen molar-refractivity contribution in [2.45, 2.75) is 50.7 Å². The van der Waals surface area contributed by atoms with E-state index in [0.29, 0.717) is 45.4 Å². The molecular weight excluding hydrogens is 396 g/mol. The number of pyridine rings is 1. The SMILES string of the molecule is NC(N)=NCCC[C@@H](N)C(=O)NC1CCN(C(=O)CCn2ccc3ccncc32)CC1. The van der Waals surface area contributed by atoms with Gasteiger partial charge in [0.2, 0.25) is 11.8 Å². The van der Waals surface area contributed by atoms with Crippen LogP contribution < -0.4 is 22.5 Å². The van der Waals surface area contributed by atoms with E-state index in [0.717, 1.165) is 23.7 Å². The van der Waals surface area contributed by atoms with E-state index < -0.39 is 6.04 Å². The number of aliphatic imine (C=N–C) groups is 1. The van der Waals surface area contributed by atoms with Gasteiger partial charge in [0.25, 0.3) is 0 Å². The Kier molecular flexibility index (Phi) is 7.82. The van der Waals surface area contributed by atoms with Crippen LogP contribution in [0.25, 0.3) is 10.9 Å². The highest BCUT2D eigenvalue weighted by molar-refractivity contribution is 5.82. The van der Waals surface area contributed by atoms with Crippen LogP contribution in [0.5, 0.6) is 0 Å². The molecule has 2 aromatic heterocycles. The third kappa shape index (κ3) is 6.42. The highest BCUT2D eigenvalue weighted by Crippen LogP contribution is 2.16. The van der Waals surface area contributed by atoms with Crippen LogP contribution in [0.3, 0.4) is 0 Å². The van der Waals surface area contributed by atoms with Crippen LogP contribution in [0.1, 0.15) is 32.1 Å². The number of guanidine groups is 1. The molecule has 1 fully saturated rings. The molecule has 0 aliphatic carbocycles. The van der Waals surface area contributed by atoms with Crippen molar-refractivity contribution in [2.75, 3.05) is 19.6 Å². The van der Waals surface area contributed by atoms with Gasteiger partial charge in [0.15, 0.2) is 5.96 Å². The Morgan fingerprint density at radius 2 is 2.03 bits per heavy atom. The number of hydrogen-bond acceptors (Lipinski definition) is 5. The summed E-state index contributed by atoms with van der Waals surface area (Å²) in [7, 11) is 0. The summed E-state index contributed by atoms with van der Waals surface area (Å²) >= 11 is 0. The lowest BCUT2D eigenvalue weighted by molar-refractivity contribution is -0.132. The summed E-state index contributed by atoms with van der Waals surface area (Å²) < 4.78 is 2.06. The molecule has 1 saturated heterocycles. The zero-order valence-electron chi connectivity index (χ0n) is 17.7. The Morgan fingerprint density at radius 3 is 2.77 bits per heavy atom. The van der Waals surface area contributed by atoms with Gasteiger partial charge in [0, 0.05) is 56.4 Å². The quantitative estimate of drug-likeness (QED) is 0.248. The van der Waals surface area contributed by atoms with Crippen molar-refractivity contribution in [2.24, 2.45) is 22.2 Å². The van der Waals surface area contributed by atoms with E-state index in [-0.39, 0.29) is 23.8 Å². The van der Waals surface area contributed by atoms with Gasteiger partial charge in [-0.15, -0.1) is 0 Å². The minimum Gasteiger partial charge on any atom is -0.370 e. The van der Waals surface area contributed by atoms with Gasteiger partial charge >= 0.3 is 0 Å². The number of aromatic nitrogens is 2. The average molecular weight is 429 g/mol. The maximum absolute atomic E-state index is 12.6. The molecule has 2 amide bonds. The number of hydrogen-bond donors (Lipinski definition) is 4. The second-order valence-corrected chi connectivity index (χ2v) is 7.91. The van der Waals surface area contributed by atoms with E-state index in [2.05, 4.69) is 19.9 Å². The average Bonchev–Trinajstić information content (AvgIpc) is 3.18. The molecule has 0 saturated carbocycles. The van der Waals surface area contributed by atoms with E-state index in [9.17, 15) is 9.59 Å². The predicted octanol–water partition coefficient (Wildman–Crippen LogP) is -0.0855. The van der Waals surface area contributed by atoms with Crippen molar-refractivity contribution in [3.05, 3.63) is 30.7 Å². The van der Waals surface area contributed by atoms with Gasteiger partial charge in [-0.1, -0.05) is 0 Å². The lowest BCUT2D eigenvalue weighted by Gasteiger charge is -2.33. The number of amides is 2. The highest BCUT2D eigenvalue weighted by atomic mass is 16.2. The van der Waals surface area contributed by atoms with Crippen LogP contribution in [0.2, 0.25) is 0 Å². The zero-order chi connectivity index (χ0) is 22.2. The van der Waals surface area contributed by atoms with E-state index in [1.54, 1.807) is 6.20 Å². The van der Waals surface area contributed by atoms with Crippen LogP contribution >= 0.6 is 0 Å². The predicted molar refractivity (Wildman–Crippen MR) is 120 cm³/mol. The Labute approximate surface area is 181 Å². The molecule has 10 heteroatoms. The molecular formula is C21H32N8O2. The summed E-state index contributed by atoms with van der Waals surface area (Å²) in [6, 6.07) is 3.45. The van der Waals surface area contributed by atoms with Gasteiger partial charge in [-0.2, -0.15) is 0 Å². The van der Waals surface area contributed by atoms with Gasteiger partial charge in [-0.05, 0) is 37.8 Å². The van der Waals surface area contributed by atoms with Crippen molar-refractivity contribution in [3.63, 3.8) is 0 Å². The number of rotatable bonds is 9. The molecule has 0 spiro atoms. The topological polar surface area (TPSA) is 158 Å². The molecule has 0 radical (unpaired) electrons. The largest absolute Gasteiger partial charge is 0.370 e. The van der Waals surface area contributed by atoms with E-state index in [1.807, 2.05) is 29.4 Å². The first-order valence-corrected chi connectivity index (χ1v) is 10.7. The molecule has 7 N–H and O–H groups in total. The summed E-state index contributed by atoms with van der Waals surface area (Å²) in [6.07, 6.45) is 8.64. The molecule has 3 rings (SSSR count). The number of nitrogens with one attached hydrogen (secondary N) is 1. The molecule has 0 unspecified atom stereocenters. The number of aryl methyl sites for hydroxylation is 1. The fourth-order valence-corrected chi connectivity index (χ4v) is 3.83. The maximum atomic E-state index is 12.6. The van der Waals surface area contributed by atoms with Crippen molar-refractivity contribution in [1.82, 2.24) is 19.8 Å². The Balaban J connectivity index is 1.37. The molecule has 168 valence electrons. The van der Waals surface area contributed by atoms with Gasteiger partial charge in [0.1, 0.15) is 0 Å². The van der Waals surface area contributed by atoms with Crippen LogP contribution in [0, 0.1) is 0 Å². The van der Waals surface area contributed by atoms with Crippen LogP contribution in [0.15, 0.2) is 35.7 Å². The molecule has 2 aromatic rings. The fourth-order valence-electron chi connectivity index (χ4n) is 3.83. The van der Waals surface area contributed by atoms with Gasteiger partial charge < -0.3 is 32.0 Å². The third-order valence-corrected chi connectivity index (χ3v) is 5.64. The third-order valence-electron chi connectivity index (χ3n) is 5.64. The molecule has 0 aromatic carbocycles. The standard InChI is InChI=1S/C21H32N8O2/c22-17(2-1-8-26-21(23)24)20(31)27-16-5-11-29(12-6-16)19(30)7-13-28-10-4-15-3-9-25-14-18(15)28/h3-4,9-10,14,16-17H,1-2,5-8,11-13,22H2,(H,27,31)(H4,23,24,26)/t17-/m1/s1. The fraction of sp³-hybridized carbons (Fsp3) is 0.524. The molecule has 1 atom stereocenters. The first-order chi connectivity index (χ1) is 14.9. The Hall–Kier alpha value is -3.14. The molecule has 31 heavy (non-hydrogen) atoms. The molecule has 3 heterocycles. The lowest BCUT2D eigenvalue weighted by Crippen LogP contribution is -2.50. The second kappa shape index (κ2) is 10.8. The summed E-state index contributed by atoms with van der Waals surface area (Å²) in [5.41, 5.74) is 17.5. The van der Waals surface area contributed by atoms with E-state index in [1.165, 1.54) is 0 Å². The number of fused-ring (bicyclic) bond motifs is 1. The van der Waals surface area contributed by atoms with E-state index >= 15 is 0 Å². The monoisotopic (exact) mass is 428 g/mol. The first kappa shape index (κ1) is 22.5. The number of carbonyl (C=O) groups is 2. The molecule has 10 nitrogen and oxygen atoms in total. The zero-order valence-corrected chi connectivity index (χ0v) is 17.7. The van der Waals surface area contributed by atoms with Crippen molar-refractivity contribution >= 4 is 28.7 Å². The van der Waals surface area contributed by atoms with Crippen molar-refractivity contribution in [3.8, 4) is 0 Å². The summed E-state index contributed by atoms with van der Waals surface area (Å²) in [4.78, 5) is 34.8. The normalized spacial score (nSPS) is 15.6. The minimum atomic E-state index is -0.584. The first-order valence-electron chi connectivity index (χ1n) is 10.7. The molecule has 1 aliphatic heterocycles. The number of likely N-dealkylation sites (tertiary alicyclic amines) is 1. The Bertz CT molecular complexity index is 913. The highest BCUT2D eigenvalue weighted by Gasteiger charge is 2.25. The minimum absolute atomic E-state index is 0.0399. The number of carbonyl (C=O) groups excluding carboxylic acids is 2. The van der Waals surface area contributed by atoms with Crippen LogP contribution in [-0.4, -0.2) is 63.9 Å². The summed E-state index contributed by atoms with van der Waals surface area (Å²) in [5.74, 6) is 0.00701. The van der Waals surface area contributed by atoms with Gasteiger partial charge in [-0.25, -0.2) is 0 Å². The number of nitrogens with two attached hydrogens (primary N) is 3. The molecule has 0 bridgehead atoms. The lowest BCUT2D eigenvalue weighted by atomic mass is 10.0. The number of nitrogens with zero attached hydrogens (tertiary/aromatic N) is 4. The van der Waals surface area contributed by atoms with Gasteiger partial charge in [-0.3, -0.25) is 19.6 Å².